The molecule has 16 heteroatoms. The third-order valence-electron chi connectivity index (χ3n) is 4.77. The average Bonchev–Trinajstić information content (AvgIpc) is 3.21. The molecule has 2 aromatic rings. The van der Waals surface area contributed by atoms with Gasteiger partial charge >= 0.3 is 12.4 Å². The van der Waals surface area contributed by atoms with Gasteiger partial charge in [0.1, 0.15) is 0 Å². The molecule has 0 saturated carbocycles. The van der Waals surface area contributed by atoms with Gasteiger partial charge < -0.3 is 0 Å². The highest BCUT2D eigenvalue weighted by Crippen LogP contribution is 2.46. The average molecular weight is 619 g/mol. The first-order valence-electron chi connectivity index (χ1n) is 9.21. The second kappa shape index (κ2) is 9.48. The molecular weight excluding hydrogens is 613 g/mol. The van der Waals surface area contributed by atoms with Gasteiger partial charge in [-0.1, -0.05) is 71.2 Å². The van der Waals surface area contributed by atoms with Gasteiger partial charge in [0.2, 0.25) is 0 Å². The molecule has 0 atom stereocenters. The van der Waals surface area contributed by atoms with E-state index < -0.39 is 45.3 Å². The zero-order valence-electron chi connectivity index (χ0n) is 16.8. The van der Waals surface area contributed by atoms with E-state index in [0.29, 0.717) is 35.7 Å². The zero-order chi connectivity index (χ0) is 26.7. The van der Waals surface area contributed by atoms with Gasteiger partial charge in [-0.3, -0.25) is 19.4 Å². The van der Waals surface area contributed by atoms with E-state index in [4.69, 9.17) is 47.6 Å². The summed E-state index contributed by atoms with van der Waals surface area (Å²) in [6.07, 6.45) is -9.60. The number of hydrogen-bond donors (Lipinski definition) is 0. The van der Waals surface area contributed by atoms with Gasteiger partial charge in [-0.05, 0) is 36.4 Å². The third-order valence-corrected chi connectivity index (χ3v) is 8.31. The molecule has 2 amide bonds. The fraction of sp³-hybridized carbons (Fsp3) is 0.100. The monoisotopic (exact) mass is 618 g/mol. The fourth-order valence-corrected chi connectivity index (χ4v) is 6.40. The van der Waals surface area contributed by atoms with Crippen molar-refractivity contribution in [2.45, 2.75) is 12.4 Å². The minimum Gasteiger partial charge on any atom is -0.268 e. The van der Waals surface area contributed by atoms with Crippen molar-refractivity contribution < 1.29 is 35.9 Å². The summed E-state index contributed by atoms with van der Waals surface area (Å²) in [6, 6.07) is 5.51. The molecular formula is C20H6Cl2F6N2O2S4. The van der Waals surface area contributed by atoms with Crippen LogP contribution in [-0.4, -0.2) is 20.5 Å². The summed E-state index contributed by atoms with van der Waals surface area (Å²) >= 11 is 22.9. The Bertz CT molecular complexity index is 1290. The van der Waals surface area contributed by atoms with Gasteiger partial charge in [0, 0.05) is 0 Å². The van der Waals surface area contributed by atoms with Gasteiger partial charge in [-0.15, -0.1) is 0 Å². The highest BCUT2D eigenvalue weighted by atomic mass is 35.5. The van der Waals surface area contributed by atoms with Crippen molar-refractivity contribution in [2.75, 3.05) is 9.80 Å². The highest BCUT2D eigenvalue weighted by Gasteiger charge is 2.44. The Hall–Kier alpha value is -1.84. The molecule has 188 valence electrons. The molecule has 0 unspecified atom stereocenters. The molecule has 4 nitrogen and oxygen atoms in total. The van der Waals surface area contributed by atoms with Crippen molar-refractivity contribution in [1.29, 1.82) is 0 Å². The van der Waals surface area contributed by atoms with Gasteiger partial charge in [0.25, 0.3) is 11.8 Å². The van der Waals surface area contributed by atoms with Crippen molar-refractivity contribution in [3.8, 4) is 0 Å². The van der Waals surface area contributed by atoms with E-state index >= 15 is 0 Å². The van der Waals surface area contributed by atoms with E-state index in [2.05, 4.69) is 0 Å². The lowest BCUT2D eigenvalue weighted by atomic mass is 10.1. The molecule has 0 radical (unpaired) electrons. The van der Waals surface area contributed by atoms with Crippen molar-refractivity contribution in [1.82, 2.24) is 0 Å². The van der Waals surface area contributed by atoms with Crippen LogP contribution in [0.4, 0.5) is 37.7 Å². The van der Waals surface area contributed by atoms with Crippen LogP contribution in [-0.2, 0) is 21.9 Å². The second-order valence-corrected chi connectivity index (χ2v) is 11.1. The Morgan fingerprint density at radius 2 is 1.00 bits per heavy atom. The summed E-state index contributed by atoms with van der Waals surface area (Å²) in [7, 11) is 0. The third kappa shape index (κ3) is 4.86. The number of rotatable bonds is 2. The van der Waals surface area contributed by atoms with Crippen molar-refractivity contribution >= 4 is 103 Å². The summed E-state index contributed by atoms with van der Waals surface area (Å²) < 4.78 is 79.3. The van der Waals surface area contributed by atoms with Gasteiger partial charge in [-0.2, -0.15) is 26.3 Å². The summed E-state index contributed by atoms with van der Waals surface area (Å²) in [4.78, 5) is 27.4. The molecule has 2 fully saturated rings. The van der Waals surface area contributed by atoms with Crippen LogP contribution >= 0.6 is 71.2 Å². The molecule has 2 aliphatic heterocycles. The molecule has 0 aromatic heterocycles. The van der Waals surface area contributed by atoms with Crippen LogP contribution in [0.3, 0.4) is 0 Å². The van der Waals surface area contributed by atoms with Crippen molar-refractivity contribution in [2.24, 2.45) is 0 Å². The first kappa shape index (κ1) is 27.2. The Morgan fingerprint density at radius 1 is 0.667 bits per heavy atom. The molecule has 4 rings (SSSR count). The number of thiocarbonyl (C=S) groups is 2. The van der Waals surface area contributed by atoms with E-state index in [9.17, 15) is 35.9 Å². The summed E-state index contributed by atoms with van der Waals surface area (Å²) in [5.74, 6) is -1.79. The first-order chi connectivity index (χ1) is 16.6. The Labute approximate surface area is 227 Å². The topological polar surface area (TPSA) is 40.6 Å². The predicted molar refractivity (Wildman–Crippen MR) is 135 cm³/mol. The maximum absolute atomic E-state index is 13.3. The molecule has 0 N–H and O–H groups in total. The number of carbonyl (C=O) groups excluding carboxylic acids is 2. The summed E-state index contributed by atoms with van der Waals surface area (Å²) in [5.41, 5.74) is -2.84. The molecule has 0 bridgehead atoms. The largest absolute Gasteiger partial charge is 0.417 e. The molecule has 2 heterocycles. The summed E-state index contributed by atoms with van der Waals surface area (Å²) in [5, 5.41) is -1.17. The summed E-state index contributed by atoms with van der Waals surface area (Å²) in [6.45, 7) is 0. The molecule has 0 spiro atoms. The quantitative estimate of drug-likeness (QED) is 0.195. The van der Waals surface area contributed by atoms with E-state index in [1.54, 1.807) is 0 Å². The van der Waals surface area contributed by atoms with Gasteiger partial charge in [-0.25, -0.2) is 0 Å². The lowest BCUT2D eigenvalue weighted by molar-refractivity contribution is -0.138. The standard InChI is InChI=1S/C20H6Cl2F6N2O2S4/c21-11-3-1-7(5-9(11)19(23,24)25)29-15(31)13(35-17(29)33)14-16(32)30(18(34)36-14)8-2-4-12(22)10(6-8)20(26,27)28/h1-6H. The number of nitrogens with zero attached hydrogens (tertiary/aromatic N) is 2. The molecule has 36 heavy (non-hydrogen) atoms. The molecule has 2 aromatic carbocycles. The number of hydrogen-bond acceptors (Lipinski definition) is 6. The minimum atomic E-state index is -4.80. The number of amides is 2. The van der Waals surface area contributed by atoms with Crippen molar-refractivity contribution in [3.05, 3.63) is 67.4 Å². The maximum atomic E-state index is 13.3. The van der Waals surface area contributed by atoms with Crippen LogP contribution in [0.2, 0.25) is 10.0 Å². The van der Waals surface area contributed by atoms with E-state index in [-0.39, 0.29) is 29.8 Å². The number of benzene rings is 2. The van der Waals surface area contributed by atoms with Gasteiger partial charge in [0.15, 0.2) is 8.64 Å². The van der Waals surface area contributed by atoms with Crippen LogP contribution in [0.1, 0.15) is 11.1 Å². The number of halogens is 8. The normalized spacial score (nSPS) is 19.2. The molecule has 2 aliphatic rings. The van der Waals surface area contributed by atoms with Gasteiger partial charge in [0.05, 0.1) is 42.4 Å². The van der Waals surface area contributed by atoms with Crippen LogP contribution in [0, 0.1) is 0 Å². The lowest BCUT2D eigenvalue weighted by Gasteiger charge is -2.18. The number of carbonyl (C=O) groups is 2. The fourth-order valence-electron chi connectivity index (χ4n) is 3.19. The van der Waals surface area contributed by atoms with Crippen LogP contribution in [0.25, 0.3) is 0 Å². The number of alkyl halides is 6. The Balaban J connectivity index is 1.72. The minimum absolute atomic E-state index is 0.165. The van der Waals surface area contributed by atoms with Crippen LogP contribution < -0.4 is 9.80 Å². The van der Waals surface area contributed by atoms with Crippen LogP contribution in [0.5, 0.6) is 0 Å². The predicted octanol–water partition coefficient (Wildman–Crippen LogP) is 7.67. The van der Waals surface area contributed by atoms with Crippen molar-refractivity contribution in [3.63, 3.8) is 0 Å². The molecule has 0 aliphatic carbocycles. The smallest absolute Gasteiger partial charge is 0.268 e. The van der Waals surface area contributed by atoms with E-state index in [0.717, 1.165) is 34.1 Å². The Kier molecular flexibility index (Phi) is 7.16. The molecule has 2 saturated heterocycles. The maximum Gasteiger partial charge on any atom is 0.417 e. The zero-order valence-corrected chi connectivity index (χ0v) is 21.6. The second-order valence-electron chi connectivity index (χ2n) is 7.00. The van der Waals surface area contributed by atoms with E-state index in [1.165, 1.54) is 0 Å². The van der Waals surface area contributed by atoms with Crippen LogP contribution in [0.15, 0.2) is 46.2 Å². The lowest BCUT2D eigenvalue weighted by Crippen LogP contribution is -2.30. The first-order valence-corrected chi connectivity index (χ1v) is 12.4. The number of anilines is 2. The SMILES string of the molecule is O=C1C(=C2SC(=S)N(c3ccc(Cl)c(C(F)(F)F)c3)C2=O)SC(=S)N1c1ccc(Cl)c(C(F)(F)F)c1. The Morgan fingerprint density at radius 3 is 1.31 bits per heavy atom. The number of thioether (sulfide) groups is 2. The highest BCUT2D eigenvalue weighted by molar-refractivity contribution is 8.30. The van der Waals surface area contributed by atoms with E-state index in [1.807, 2.05) is 0 Å².